The predicted molar refractivity (Wildman–Crippen MR) is 115 cm³/mol. The summed E-state index contributed by atoms with van der Waals surface area (Å²) in [6, 6.07) is 5.32. The molecule has 0 unspecified atom stereocenters. The van der Waals surface area contributed by atoms with Gasteiger partial charge in [0.05, 0.1) is 20.6 Å². The normalized spacial score (nSPS) is 19.3. The van der Waals surface area contributed by atoms with Crippen molar-refractivity contribution in [2.24, 2.45) is 11.8 Å². The molecule has 1 saturated heterocycles. The van der Waals surface area contributed by atoms with Crippen molar-refractivity contribution in [1.29, 1.82) is 0 Å². The molecule has 34 heavy (non-hydrogen) atoms. The van der Waals surface area contributed by atoms with Crippen LogP contribution in [-0.2, 0) is 44.7 Å². The lowest BCUT2D eigenvalue weighted by atomic mass is 9.87. The van der Waals surface area contributed by atoms with Gasteiger partial charge in [0.1, 0.15) is 18.1 Å². The zero-order valence-corrected chi connectivity index (χ0v) is 18.9. The fourth-order valence-corrected chi connectivity index (χ4v) is 3.62. The van der Waals surface area contributed by atoms with Gasteiger partial charge in [-0.2, -0.15) is 0 Å². The lowest BCUT2D eigenvalue weighted by Crippen LogP contribution is -2.63. The van der Waals surface area contributed by atoms with E-state index in [2.05, 4.69) is 25.4 Å². The number of amides is 3. The second-order valence-corrected chi connectivity index (χ2v) is 7.78. The van der Waals surface area contributed by atoms with E-state index < -0.39 is 72.0 Å². The molecule has 0 radical (unpaired) electrons. The first-order valence-corrected chi connectivity index (χ1v) is 10.4. The maximum absolute atomic E-state index is 12.5. The van der Waals surface area contributed by atoms with Gasteiger partial charge in [-0.3, -0.25) is 24.0 Å². The highest BCUT2D eigenvalue weighted by Crippen LogP contribution is 2.20. The number of carboxylic acids is 1. The number of methoxy groups -OCH3 is 2. The Morgan fingerprint density at radius 1 is 0.971 bits per heavy atom. The third-order valence-corrected chi connectivity index (χ3v) is 5.48. The molecule has 0 aliphatic carbocycles. The van der Waals surface area contributed by atoms with Crippen LogP contribution in [0, 0.1) is 11.8 Å². The molecular formula is C22H27N3O9. The van der Waals surface area contributed by atoms with E-state index in [1.54, 1.807) is 12.1 Å². The van der Waals surface area contributed by atoms with Crippen molar-refractivity contribution < 1.29 is 43.3 Å². The number of piperazine rings is 1. The van der Waals surface area contributed by atoms with Crippen LogP contribution in [0.5, 0.6) is 0 Å². The molecule has 4 atom stereocenters. The van der Waals surface area contributed by atoms with Crippen LogP contribution in [0.4, 0.5) is 0 Å². The van der Waals surface area contributed by atoms with Gasteiger partial charge in [-0.15, -0.1) is 0 Å². The Morgan fingerprint density at radius 2 is 1.50 bits per heavy atom. The van der Waals surface area contributed by atoms with E-state index in [1.165, 1.54) is 6.92 Å². The minimum absolute atomic E-state index is 0.262. The number of aliphatic carboxylic acids is 1. The topological polar surface area (TPSA) is 177 Å². The molecule has 1 heterocycles. The monoisotopic (exact) mass is 477 g/mol. The molecule has 3 amide bonds. The van der Waals surface area contributed by atoms with Crippen molar-refractivity contribution in [2.75, 3.05) is 14.2 Å². The van der Waals surface area contributed by atoms with Crippen LogP contribution in [0.15, 0.2) is 30.3 Å². The summed E-state index contributed by atoms with van der Waals surface area (Å²) in [5, 5.41) is 16.8. The second-order valence-electron chi connectivity index (χ2n) is 7.78. The summed E-state index contributed by atoms with van der Waals surface area (Å²) in [5.74, 6) is -8.38. The van der Waals surface area contributed by atoms with Crippen molar-refractivity contribution in [3.63, 3.8) is 0 Å². The Bertz CT molecular complexity index is 934. The van der Waals surface area contributed by atoms with E-state index >= 15 is 0 Å². The van der Waals surface area contributed by atoms with Crippen molar-refractivity contribution in [2.45, 2.75) is 37.9 Å². The first kappa shape index (κ1) is 26.3. The van der Waals surface area contributed by atoms with E-state index in [4.69, 9.17) is 0 Å². The average molecular weight is 477 g/mol. The SMILES string of the molecule is COC(=O)C(C(=O)OC)[C@@H](C)[C@@H](NC(=O)C[C@@H]1NC(=O)[C@H](Cc2ccccc2)NC1=O)C(=O)O. The number of hydrogen-bond donors (Lipinski definition) is 4. The number of carboxylic acid groups (broad SMARTS) is 1. The lowest BCUT2D eigenvalue weighted by Gasteiger charge is -2.30. The maximum Gasteiger partial charge on any atom is 0.326 e. The summed E-state index contributed by atoms with van der Waals surface area (Å²) in [6.45, 7) is 1.26. The van der Waals surface area contributed by atoms with E-state index in [9.17, 15) is 33.9 Å². The van der Waals surface area contributed by atoms with Gasteiger partial charge in [0.15, 0.2) is 5.92 Å². The predicted octanol–water partition coefficient (Wildman–Crippen LogP) is -1.23. The Morgan fingerprint density at radius 3 is 2.03 bits per heavy atom. The maximum atomic E-state index is 12.5. The average Bonchev–Trinajstić information content (AvgIpc) is 2.80. The number of nitrogens with one attached hydrogen (secondary N) is 3. The van der Waals surface area contributed by atoms with Crippen molar-refractivity contribution >= 4 is 35.6 Å². The third-order valence-electron chi connectivity index (χ3n) is 5.48. The van der Waals surface area contributed by atoms with Crippen LogP contribution in [0.1, 0.15) is 18.9 Å². The Balaban J connectivity index is 2.04. The number of carbonyl (C=O) groups is 6. The molecule has 12 heteroatoms. The van der Waals surface area contributed by atoms with Gasteiger partial charge in [-0.25, -0.2) is 4.79 Å². The zero-order chi connectivity index (χ0) is 25.4. The summed E-state index contributed by atoms with van der Waals surface area (Å²) < 4.78 is 9.09. The van der Waals surface area contributed by atoms with Crippen LogP contribution in [0.3, 0.4) is 0 Å². The van der Waals surface area contributed by atoms with Crippen LogP contribution in [0.2, 0.25) is 0 Å². The molecule has 0 bridgehead atoms. The summed E-state index contributed by atoms with van der Waals surface area (Å²) in [6.07, 6.45) is -0.286. The lowest BCUT2D eigenvalue weighted by molar-refractivity contribution is -0.163. The highest BCUT2D eigenvalue weighted by Gasteiger charge is 2.42. The molecule has 184 valence electrons. The molecule has 1 aromatic rings. The Hall–Kier alpha value is -3.96. The van der Waals surface area contributed by atoms with Crippen molar-refractivity contribution in [3.05, 3.63) is 35.9 Å². The van der Waals surface area contributed by atoms with Gasteiger partial charge in [0.25, 0.3) is 0 Å². The number of esters is 2. The molecule has 0 saturated carbocycles. The van der Waals surface area contributed by atoms with E-state index in [-0.39, 0.29) is 6.42 Å². The number of hydrogen-bond acceptors (Lipinski definition) is 8. The summed E-state index contributed by atoms with van der Waals surface area (Å²) in [7, 11) is 2.05. The molecule has 1 aromatic carbocycles. The van der Waals surface area contributed by atoms with Gasteiger partial charge in [-0.05, 0) is 5.56 Å². The molecule has 0 aromatic heterocycles. The first-order valence-electron chi connectivity index (χ1n) is 10.4. The molecular weight excluding hydrogens is 450 g/mol. The summed E-state index contributed by atoms with van der Waals surface area (Å²) in [5.41, 5.74) is 0.836. The number of rotatable bonds is 10. The van der Waals surface area contributed by atoms with Gasteiger partial charge < -0.3 is 30.5 Å². The number of carbonyl (C=O) groups excluding carboxylic acids is 5. The largest absolute Gasteiger partial charge is 0.480 e. The smallest absolute Gasteiger partial charge is 0.326 e. The fraction of sp³-hybridized carbons (Fsp3) is 0.455. The number of ether oxygens (including phenoxy) is 2. The van der Waals surface area contributed by atoms with Gasteiger partial charge in [-0.1, -0.05) is 37.3 Å². The zero-order valence-electron chi connectivity index (χ0n) is 18.9. The molecule has 2 rings (SSSR count). The minimum Gasteiger partial charge on any atom is -0.480 e. The standard InChI is InChI=1S/C22H27N3O9/c1-11(16(21(31)33-2)22(32)34-3)17(20(29)30)25-15(26)10-14-19(28)23-13(18(27)24-14)9-12-7-5-4-6-8-12/h4-8,11,13-14,16-17H,9-10H2,1-3H3,(H,23,28)(H,24,27)(H,25,26)(H,29,30)/t11-,13+,14+,17-/m1/s1. The molecule has 0 spiro atoms. The van der Waals surface area contributed by atoms with E-state index in [1.807, 2.05) is 18.2 Å². The van der Waals surface area contributed by atoms with Crippen molar-refractivity contribution in [1.82, 2.24) is 16.0 Å². The third kappa shape index (κ3) is 6.53. The highest BCUT2D eigenvalue weighted by atomic mass is 16.5. The van der Waals surface area contributed by atoms with Crippen LogP contribution < -0.4 is 16.0 Å². The van der Waals surface area contributed by atoms with Crippen LogP contribution in [-0.4, -0.2) is 73.1 Å². The molecule has 1 aliphatic heterocycles. The number of benzene rings is 1. The minimum atomic E-state index is -1.68. The van der Waals surface area contributed by atoms with Gasteiger partial charge in [0, 0.05) is 12.3 Å². The molecule has 1 aliphatic rings. The first-order chi connectivity index (χ1) is 16.1. The van der Waals surface area contributed by atoms with Crippen molar-refractivity contribution in [3.8, 4) is 0 Å². The highest BCUT2D eigenvalue weighted by molar-refractivity contribution is 6.00. The fourth-order valence-electron chi connectivity index (χ4n) is 3.62. The molecule has 12 nitrogen and oxygen atoms in total. The van der Waals surface area contributed by atoms with Crippen LogP contribution in [0.25, 0.3) is 0 Å². The quantitative estimate of drug-likeness (QED) is 0.237. The molecule has 4 N–H and O–H groups in total. The van der Waals surface area contributed by atoms with Gasteiger partial charge >= 0.3 is 17.9 Å². The second kappa shape index (κ2) is 11.8. The van der Waals surface area contributed by atoms with Gasteiger partial charge in [0.2, 0.25) is 17.7 Å². The summed E-state index contributed by atoms with van der Waals surface area (Å²) in [4.78, 5) is 73.1. The van der Waals surface area contributed by atoms with E-state index in [0.29, 0.717) is 0 Å². The van der Waals surface area contributed by atoms with Crippen LogP contribution >= 0.6 is 0 Å². The Kier molecular flexibility index (Phi) is 9.10. The summed E-state index contributed by atoms with van der Waals surface area (Å²) >= 11 is 0. The van der Waals surface area contributed by atoms with E-state index in [0.717, 1.165) is 19.8 Å². The Labute approximate surface area is 195 Å². The molecule has 1 fully saturated rings.